The van der Waals surface area contributed by atoms with E-state index in [0.29, 0.717) is 30.2 Å². The second-order valence-corrected chi connectivity index (χ2v) is 10.7. The van der Waals surface area contributed by atoms with Crippen LogP contribution in [-0.4, -0.2) is 59.6 Å². The van der Waals surface area contributed by atoms with Gasteiger partial charge < -0.3 is 5.11 Å². The van der Waals surface area contributed by atoms with Crippen molar-refractivity contribution < 1.29 is 26.7 Å². The number of aliphatic hydroxyl groups is 1. The van der Waals surface area contributed by atoms with Gasteiger partial charge in [-0.2, -0.15) is 18.3 Å². The molecule has 0 fully saturated rings. The fourth-order valence-corrected chi connectivity index (χ4v) is 5.42. The maximum Gasteiger partial charge on any atom is 0.501 e. The summed E-state index contributed by atoms with van der Waals surface area (Å²) in [6.45, 7) is 2.16. The van der Waals surface area contributed by atoms with E-state index < -0.39 is 26.5 Å². The Morgan fingerprint density at radius 3 is 2.58 bits per heavy atom. The first-order chi connectivity index (χ1) is 15.4. The number of halogens is 5. The molecule has 0 aliphatic heterocycles. The number of benzene rings is 1. The lowest BCUT2D eigenvalue weighted by Crippen LogP contribution is -2.43. The highest BCUT2D eigenvalue weighted by molar-refractivity contribution is 7.92. The SMILES string of the molecule is CCCN([Si]c1ncnn1-c1ccnc(Cl)c1)C(O)c1cc(Cl)cc(S(=O)(=O)C(F)(F)F)c1. The highest BCUT2D eigenvalue weighted by Gasteiger charge is 2.47. The van der Waals surface area contributed by atoms with Crippen LogP contribution in [0.2, 0.25) is 10.2 Å². The molecule has 0 aliphatic rings. The third-order valence-electron chi connectivity index (χ3n) is 4.31. The van der Waals surface area contributed by atoms with Crippen molar-refractivity contribution in [1.82, 2.24) is 24.3 Å². The van der Waals surface area contributed by atoms with Crippen molar-refractivity contribution in [3.8, 4) is 5.69 Å². The highest BCUT2D eigenvalue weighted by Crippen LogP contribution is 2.33. The molecule has 8 nitrogen and oxygen atoms in total. The Bertz CT molecular complexity index is 1240. The van der Waals surface area contributed by atoms with Gasteiger partial charge in [0, 0.05) is 17.3 Å². The van der Waals surface area contributed by atoms with Gasteiger partial charge in [0.05, 0.1) is 10.6 Å². The molecular weight excluding hydrogens is 522 g/mol. The molecule has 1 aromatic carbocycles. The molecule has 176 valence electrons. The third-order valence-corrected chi connectivity index (χ3v) is 7.50. The number of hydrogen-bond donors (Lipinski definition) is 1. The first kappa shape index (κ1) is 25.6. The molecular formula is C18H16Cl2F3N5O3SSi. The number of sulfone groups is 1. The molecule has 3 rings (SSSR count). The maximum atomic E-state index is 13.0. The zero-order valence-corrected chi connectivity index (χ0v) is 20.2. The van der Waals surface area contributed by atoms with Crippen molar-refractivity contribution >= 4 is 48.2 Å². The molecule has 2 heterocycles. The Kier molecular flexibility index (Phi) is 7.81. The Morgan fingerprint density at radius 2 is 1.94 bits per heavy atom. The lowest BCUT2D eigenvalue weighted by molar-refractivity contribution is -0.0436. The minimum absolute atomic E-state index is 0.107. The van der Waals surface area contributed by atoms with Crippen molar-refractivity contribution in [2.24, 2.45) is 0 Å². The van der Waals surface area contributed by atoms with E-state index in [-0.39, 0.29) is 25.4 Å². The molecule has 0 amide bonds. The van der Waals surface area contributed by atoms with E-state index in [1.165, 1.54) is 27.8 Å². The Balaban J connectivity index is 1.96. The van der Waals surface area contributed by atoms with Gasteiger partial charge in [-0.3, -0.25) is 4.57 Å². The number of rotatable bonds is 8. The number of aliphatic hydroxyl groups excluding tert-OH is 1. The second kappa shape index (κ2) is 10.1. The van der Waals surface area contributed by atoms with Gasteiger partial charge in [-0.1, -0.05) is 30.1 Å². The Hall–Kier alpha value is -2.03. The minimum atomic E-state index is -5.65. The minimum Gasteiger partial charge on any atom is -0.375 e. The maximum absolute atomic E-state index is 13.0. The molecule has 33 heavy (non-hydrogen) atoms. The average Bonchev–Trinajstić information content (AvgIpc) is 3.20. The van der Waals surface area contributed by atoms with Crippen molar-refractivity contribution in [3.05, 3.63) is 58.6 Å². The van der Waals surface area contributed by atoms with Crippen molar-refractivity contribution in [1.29, 1.82) is 0 Å². The summed E-state index contributed by atoms with van der Waals surface area (Å²) in [6.07, 6.45) is 1.91. The van der Waals surface area contributed by atoms with E-state index in [1.54, 1.807) is 12.1 Å². The number of pyridine rings is 1. The van der Waals surface area contributed by atoms with E-state index >= 15 is 0 Å². The fourth-order valence-electron chi connectivity index (χ4n) is 2.84. The highest BCUT2D eigenvalue weighted by atomic mass is 35.5. The van der Waals surface area contributed by atoms with E-state index in [4.69, 9.17) is 23.2 Å². The van der Waals surface area contributed by atoms with Crippen LogP contribution in [-0.2, 0) is 9.84 Å². The topological polar surface area (TPSA) is 101 Å². The molecule has 2 radical (unpaired) electrons. The molecule has 2 aromatic heterocycles. The Labute approximate surface area is 199 Å². The summed E-state index contributed by atoms with van der Waals surface area (Å²) in [5.74, 6) is 0. The van der Waals surface area contributed by atoms with Crippen molar-refractivity contribution in [3.63, 3.8) is 0 Å². The van der Waals surface area contributed by atoms with Crippen LogP contribution in [0.25, 0.3) is 5.69 Å². The van der Waals surface area contributed by atoms with Gasteiger partial charge in [-0.15, -0.1) is 0 Å². The van der Waals surface area contributed by atoms with Crippen LogP contribution in [0.4, 0.5) is 13.2 Å². The number of hydrogen-bond acceptors (Lipinski definition) is 7. The predicted molar refractivity (Wildman–Crippen MR) is 116 cm³/mol. The van der Waals surface area contributed by atoms with Crippen LogP contribution in [0.15, 0.2) is 47.8 Å². The molecule has 15 heteroatoms. The van der Waals surface area contributed by atoms with Gasteiger partial charge in [0.15, 0.2) is 0 Å². The van der Waals surface area contributed by atoms with Crippen LogP contribution in [0.3, 0.4) is 0 Å². The number of nitrogens with zero attached hydrogens (tertiary/aromatic N) is 5. The van der Waals surface area contributed by atoms with Gasteiger partial charge in [-0.25, -0.2) is 23.1 Å². The van der Waals surface area contributed by atoms with Crippen molar-refractivity contribution in [2.75, 3.05) is 6.54 Å². The first-order valence-corrected chi connectivity index (χ1v) is 12.5. The summed E-state index contributed by atoms with van der Waals surface area (Å²) >= 11 is 11.8. The third kappa shape index (κ3) is 5.73. The van der Waals surface area contributed by atoms with Gasteiger partial charge in [0.2, 0.25) is 9.68 Å². The predicted octanol–water partition coefficient (Wildman–Crippen LogP) is 2.91. The van der Waals surface area contributed by atoms with Gasteiger partial charge >= 0.3 is 5.51 Å². The summed E-state index contributed by atoms with van der Waals surface area (Å²) in [5.41, 5.74) is -4.62. The van der Waals surface area contributed by atoms with Crippen LogP contribution >= 0.6 is 23.2 Å². The van der Waals surface area contributed by atoms with Crippen molar-refractivity contribution in [2.45, 2.75) is 30.0 Å². The van der Waals surface area contributed by atoms with Crippen LogP contribution < -0.4 is 5.45 Å². The standard InChI is InChI=1S/C18H16Cl2F3N5O3SSi/c1-2-5-27(33-17-25-10-26-28(17)13-3-4-24-15(20)9-13)16(29)11-6-12(19)8-14(7-11)32(30,31)18(21,22)23/h3-4,6-10,16,29H,2,5H2,1H3. The van der Waals surface area contributed by atoms with E-state index in [0.717, 1.165) is 6.07 Å². The van der Waals surface area contributed by atoms with Crippen LogP contribution in [0, 0.1) is 0 Å². The van der Waals surface area contributed by atoms with Gasteiger partial charge in [0.25, 0.3) is 9.84 Å². The molecule has 0 aliphatic carbocycles. The lowest BCUT2D eigenvalue weighted by Gasteiger charge is -2.27. The molecule has 3 aromatic rings. The number of aromatic nitrogens is 4. The molecule has 1 N–H and O–H groups in total. The van der Waals surface area contributed by atoms with Crippen LogP contribution in [0.1, 0.15) is 25.1 Å². The van der Waals surface area contributed by atoms with E-state index in [1.807, 2.05) is 6.92 Å². The number of alkyl halides is 3. The monoisotopic (exact) mass is 537 g/mol. The summed E-state index contributed by atoms with van der Waals surface area (Å²) in [5, 5.41) is 15.1. The summed E-state index contributed by atoms with van der Waals surface area (Å²) in [4.78, 5) is 7.06. The van der Waals surface area contributed by atoms with E-state index in [9.17, 15) is 26.7 Å². The molecule has 0 spiro atoms. The van der Waals surface area contributed by atoms with Gasteiger partial charge in [-0.05, 0) is 42.8 Å². The fraction of sp³-hybridized carbons (Fsp3) is 0.278. The molecule has 0 saturated heterocycles. The average molecular weight is 538 g/mol. The molecule has 0 bridgehead atoms. The smallest absolute Gasteiger partial charge is 0.375 e. The lowest BCUT2D eigenvalue weighted by atomic mass is 10.2. The zero-order chi connectivity index (χ0) is 24.4. The molecule has 1 atom stereocenters. The largest absolute Gasteiger partial charge is 0.501 e. The quantitative estimate of drug-likeness (QED) is 0.268. The van der Waals surface area contributed by atoms with Crippen LogP contribution in [0.5, 0.6) is 0 Å². The summed E-state index contributed by atoms with van der Waals surface area (Å²) in [6, 6.07) is 5.88. The Morgan fingerprint density at radius 1 is 1.21 bits per heavy atom. The summed E-state index contributed by atoms with van der Waals surface area (Å²) in [7, 11) is -5.93. The normalized spacial score (nSPS) is 13.5. The zero-order valence-electron chi connectivity index (χ0n) is 16.8. The van der Waals surface area contributed by atoms with Gasteiger partial charge in [0.1, 0.15) is 23.2 Å². The molecule has 1 unspecified atom stereocenters. The second-order valence-electron chi connectivity index (χ2n) is 6.68. The van der Waals surface area contributed by atoms with E-state index in [2.05, 4.69) is 15.1 Å². The first-order valence-electron chi connectivity index (χ1n) is 9.29. The molecule has 0 saturated carbocycles. The summed E-state index contributed by atoms with van der Waals surface area (Å²) < 4.78 is 65.7.